The SMILES string of the molecule is COc1ccccc1/C(=C/C=C/C(=O)NCCCCc1cccnc1)c1cccc(F)c1. The van der Waals surface area contributed by atoms with Gasteiger partial charge in [-0.2, -0.15) is 0 Å². The van der Waals surface area contributed by atoms with E-state index in [-0.39, 0.29) is 11.7 Å². The first kappa shape index (κ1) is 22.9. The molecule has 0 aliphatic rings. The van der Waals surface area contributed by atoms with Crippen molar-refractivity contribution in [3.05, 3.63) is 114 Å². The highest BCUT2D eigenvalue weighted by atomic mass is 19.1. The average molecular weight is 431 g/mol. The zero-order chi connectivity index (χ0) is 22.6. The van der Waals surface area contributed by atoms with Gasteiger partial charge in [0.15, 0.2) is 0 Å². The summed E-state index contributed by atoms with van der Waals surface area (Å²) >= 11 is 0. The van der Waals surface area contributed by atoms with E-state index >= 15 is 0 Å². The molecule has 3 aromatic rings. The Balaban J connectivity index is 1.62. The number of rotatable bonds is 10. The zero-order valence-electron chi connectivity index (χ0n) is 18.1. The van der Waals surface area contributed by atoms with Gasteiger partial charge in [0, 0.05) is 30.6 Å². The Morgan fingerprint density at radius 3 is 2.75 bits per heavy atom. The van der Waals surface area contributed by atoms with E-state index in [0.29, 0.717) is 17.9 Å². The van der Waals surface area contributed by atoms with E-state index in [1.807, 2.05) is 42.6 Å². The molecule has 3 rings (SSSR count). The summed E-state index contributed by atoms with van der Waals surface area (Å²) in [5.74, 6) is 0.187. The van der Waals surface area contributed by atoms with Crippen molar-refractivity contribution in [1.29, 1.82) is 0 Å². The Hall–Kier alpha value is -3.73. The number of unbranched alkanes of at least 4 members (excludes halogenated alkanes) is 1. The highest BCUT2D eigenvalue weighted by Crippen LogP contribution is 2.31. The molecule has 1 amide bonds. The highest BCUT2D eigenvalue weighted by molar-refractivity contribution is 5.89. The number of ether oxygens (including phenoxy) is 1. The number of aryl methyl sites for hydroxylation is 1. The normalized spacial score (nSPS) is 11.5. The van der Waals surface area contributed by atoms with E-state index < -0.39 is 0 Å². The number of amides is 1. The van der Waals surface area contributed by atoms with Gasteiger partial charge in [-0.1, -0.05) is 48.6 Å². The number of nitrogens with one attached hydrogen (secondary N) is 1. The minimum absolute atomic E-state index is 0.166. The number of allylic oxidation sites excluding steroid dienone is 2. The fourth-order valence-corrected chi connectivity index (χ4v) is 3.37. The van der Waals surface area contributed by atoms with Crippen molar-refractivity contribution in [3.8, 4) is 5.75 Å². The number of methoxy groups -OCH3 is 1. The van der Waals surface area contributed by atoms with Crippen LogP contribution in [-0.2, 0) is 11.2 Å². The van der Waals surface area contributed by atoms with Crippen LogP contribution in [0.1, 0.15) is 29.5 Å². The van der Waals surface area contributed by atoms with Crippen LogP contribution in [0.15, 0.2) is 91.3 Å². The van der Waals surface area contributed by atoms with Gasteiger partial charge in [0.1, 0.15) is 11.6 Å². The van der Waals surface area contributed by atoms with Gasteiger partial charge in [0.05, 0.1) is 7.11 Å². The topological polar surface area (TPSA) is 51.2 Å². The molecule has 1 aromatic heterocycles. The summed E-state index contributed by atoms with van der Waals surface area (Å²) in [4.78, 5) is 16.3. The number of benzene rings is 2. The first-order chi connectivity index (χ1) is 15.7. The number of hydrogen-bond donors (Lipinski definition) is 1. The summed E-state index contributed by atoms with van der Waals surface area (Å²) in [5.41, 5.74) is 3.49. The second-order valence-corrected chi connectivity index (χ2v) is 7.26. The van der Waals surface area contributed by atoms with Crippen molar-refractivity contribution >= 4 is 11.5 Å². The number of halogens is 1. The van der Waals surface area contributed by atoms with E-state index in [1.54, 1.807) is 31.5 Å². The first-order valence-corrected chi connectivity index (χ1v) is 10.6. The van der Waals surface area contributed by atoms with Crippen LogP contribution in [-0.4, -0.2) is 24.5 Å². The van der Waals surface area contributed by atoms with Crippen molar-refractivity contribution in [1.82, 2.24) is 10.3 Å². The van der Waals surface area contributed by atoms with Gasteiger partial charge in [0.25, 0.3) is 0 Å². The van der Waals surface area contributed by atoms with Gasteiger partial charge in [-0.05, 0) is 60.2 Å². The fraction of sp³-hybridized carbons (Fsp3) is 0.185. The molecular formula is C27H27FN2O2. The summed E-state index contributed by atoms with van der Waals surface area (Å²) in [7, 11) is 1.60. The van der Waals surface area contributed by atoms with Crippen LogP contribution in [0.25, 0.3) is 5.57 Å². The fourth-order valence-electron chi connectivity index (χ4n) is 3.37. The van der Waals surface area contributed by atoms with Gasteiger partial charge in [-0.3, -0.25) is 9.78 Å². The molecule has 0 saturated carbocycles. The second-order valence-electron chi connectivity index (χ2n) is 7.26. The van der Waals surface area contributed by atoms with E-state index in [2.05, 4.69) is 16.4 Å². The van der Waals surface area contributed by atoms with E-state index in [1.165, 1.54) is 23.8 Å². The Bertz CT molecular complexity index is 1080. The minimum Gasteiger partial charge on any atom is -0.496 e. The number of hydrogen-bond acceptors (Lipinski definition) is 3. The van der Waals surface area contributed by atoms with Gasteiger partial charge in [0.2, 0.25) is 5.91 Å². The minimum atomic E-state index is -0.323. The number of carbonyl (C=O) groups excluding carboxylic acids is 1. The van der Waals surface area contributed by atoms with E-state index in [9.17, 15) is 9.18 Å². The number of aromatic nitrogens is 1. The number of para-hydroxylation sites is 1. The molecule has 0 aliphatic heterocycles. The molecular weight excluding hydrogens is 403 g/mol. The predicted octanol–water partition coefficient (Wildman–Crippen LogP) is 5.36. The van der Waals surface area contributed by atoms with Crippen molar-refractivity contribution in [2.24, 2.45) is 0 Å². The molecule has 0 unspecified atom stereocenters. The molecule has 0 saturated heterocycles. The van der Waals surface area contributed by atoms with Crippen LogP contribution in [0.4, 0.5) is 4.39 Å². The summed E-state index contributed by atoms with van der Waals surface area (Å²) in [5, 5.41) is 2.90. The molecule has 164 valence electrons. The molecule has 0 atom stereocenters. The molecule has 1 heterocycles. The van der Waals surface area contributed by atoms with Gasteiger partial charge in [-0.25, -0.2) is 4.39 Å². The Kier molecular flexibility index (Phi) is 8.75. The summed E-state index contributed by atoms with van der Waals surface area (Å²) in [6.45, 7) is 0.608. The van der Waals surface area contributed by atoms with Crippen LogP contribution < -0.4 is 10.1 Å². The standard InChI is InChI=1S/C27H27FN2O2/c1-32-26-15-3-2-13-25(26)24(22-11-6-12-23(28)19-22)14-7-16-27(31)30-18-5-4-9-21-10-8-17-29-20-21/h2-3,6-8,10-17,19-20H,4-5,9,18H2,1H3,(H,30,31)/b16-7+,24-14+. The molecule has 0 radical (unpaired) electrons. The lowest BCUT2D eigenvalue weighted by atomic mass is 9.96. The van der Waals surface area contributed by atoms with Gasteiger partial charge in [-0.15, -0.1) is 0 Å². The maximum absolute atomic E-state index is 13.8. The summed E-state index contributed by atoms with van der Waals surface area (Å²) < 4.78 is 19.3. The van der Waals surface area contributed by atoms with Crippen LogP contribution in [0.5, 0.6) is 5.75 Å². The van der Waals surface area contributed by atoms with Crippen LogP contribution >= 0.6 is 0 Å². The van der Waals surface area contributed by atoms with Crippen molar-refractivity contribution in [3.63, 3.8) is 0 Å². The Morgan fingerprint density at radius 1 is 1.09 bits per heavy atom. The first-order valence-electron chi connectivity index (χ1n) is 10.6. The Labute approximate surface area is 188 Å². The lowest BCUT2D eigenvalue weighted by molar-refractivity contribution is -0.116. The van der Waals surface area contributed by atoms with Crippen LogP contribution in [0, 0.1) is 5.82 Å². The molecule has 0 fully saturated rings. The molecule has 0 bridgehead atoms. The Morgan fingerprint density at radius 2 is 1.97 bits per heavy atom. The number of pyridine rings is 1. The molecule has 1 N–H and O–H groups in total. The van der Waals surface area contributed by atoms with Crippen molar-refractivity contribution < 1.29 is 13.9 Å². The third-order valence-corrected chi connectivity index (χ3v) is 4.96. The molecule has 0 spiro atoms. The van der Waals surface area contributed by atoms with Crippen molar-refractivity contribution in [2.75, 3.05) is 13.7 Å². The zero-order valence-corrected chi connectivity index (χ0v) is 18.1. The summed E-state index contributed by atoms with van der Waals surface area (Å²) in [6.07, 6.45) is 11.4. The average Bonchev–Trinajstić information content (AvgIpc) is 2.82. The second kappa shape index (κ2) is 12.2. The summed E-state index contributed by atoms with van der Waals surface area (Å²) in [6, 6.07) is 17.9. The monoisotopic (exact) mass is 430 g/mol. The molecule has 0 aliphatic carbocycles. The highest BCUT2D eigenvalue weighted by Gasteiger charge is 2.10. The molecule has 4 nitrogen and oxygen atoms in total. The lowest BCUT2D eigenvalue weighted by Crippen LogP contribution is -2.22. The number of carbonyl (C=O) groups is 1. The largest absolute Gasteiger partial charge is 0.496 e. The smallest absolute Gasteiger partial charge is 0.243 e. The predicted molar refractivity (Wildman–Crippen MR) is 126 cm³/mol. The van der Waals surface area contributed by atoms with Crippen LogP contribution in [0.3, 0.4) is 0 Å². The maximum atomic E-state index is 13.8. The van der Waals surface area contributed by atoms with Crippen molar-refractivity contribution in [2.45, 2.75) is 19.3 Å². The third kappa shape index (κ3) is 6.91. The maximum Gasteiger partial charge on any atom is 0.243 e. The molecule has 32 heavy (non-hydrogen) atoms. The van der Waals surface area contributed by atoms with Crippen LogP contribution in [0.2, 0.25) is 0 Å². The van der Waals surface area contributed by atoms with E-state index in [0.717, 1.165) is 30.4 Å². The lowest BCUT2D eigenvalue weighted by Gasteiger charge is -2.12. The van der Waals surface area contributed by atoms with Gasteiger partial charge < -0.3 is 10.1 Å². The molecule has 5 heteroatoms. The quantitative estimate of drug-likeness (QED) is 0.268. The number of nitrogens with zero attached hydrogens (tertiary/aromatic N) is 1. The third-order valence-electron chi connectivity index (χ3n) is 4.96. The molecule has 2 aromatic carbocycles. The van der Waals surface area contributed by atoms with Gasteiger partial charge >= 0.3 is 0 Å². The van der Waals surface area contributed by atoms with E-state index in [4.69, 9.17) is 4.74 Å².